The van der Waals surface area contributed by atoms with Crippen LogP contribution in [0.5, 0.6) is 5.75 Å². The van der Waals surface area contributed by atoms with Gasteiger partial charge in [0.05, 0.1) is 16.7 Å². The van der Waals surface area contributed by atoms with Gasteiger partial charge in [0.1, 0.15) is 5.75 Å². The lowest BCUT2D eigenvalue weighted by molar-refractivity contribution is -0.130. The molecule has 0 saturated carbocycles. The van der Waals surface area contributed by atoms with Gasteiger partial charge in [0.25, 0.3) is 5.91 Å². The first-order chi connectivity index (χ1) is 21.9. The Balaban J connectivity index is 1.54. The van der Waals surface area contributed by atoms with E-state index in [0.717, 1.165) is 11.1 Å². The first-order valence-electron chi connectivity index (χ1n) is 14.2. The van der Waals surface area contributed by atoms with Crippen LogP contribution in [0.2, 0.25) is 10.0 Å². The van der Waals surface area contributed by atoms with Gasteiger partial charge in [-0.25, -0.2) is 10.4 Å². The molecule has 1 amide bonds. The van der Waals surface area contributed by atoms with Crippen LogP contribution < -0.4 is 15.6 Å². The maximum Gasteiger partial charge on any atom is 0.266 e. The first-order valence-corrected chi connectivity index (χ1v) is 14.9. The Kier molecular flexibility index (Phi) is 10.6. The molecule has 45 heavy (non-hydrogen) atoms. The van der Waals surface area contributed by atoms with Gasteiger partial charge >= 0.3 is 0 Å². The molecule has 1 aliphatic heterocycles. The number of carbonyl (C=O) groups excluding carboxylic acids is 1. The molecule has 5 rings (SSSR count). The normalized spacial score (nSPS) is 17.1. The summed E-state index contributed by atoms with van der Waals surface area (Å²) < 4.78 is 12.2. The van der Waals surface area contributed by atoms with Crippen molar-refractivity contribution in [1.29, 1.82) is 0 Å². The van der Waals surface area contributed by atoms with Crippen LogP contribution in [0, 0.1) is 0 Å². The van der Waals surface area contributed by atoms with Crippen molar-refractivity contribution in [2.75, 3.05) is 13.2 Å². The summed E-state index contributed by atoms with van der Waals surface area (Å²) in [6.45, 7) is 0.676. The number of hydrogen-bond donors (Lipinski definition) is 3. The number of nitrogens with one attached hydrogen (secondary N) is 2. The summed E-state index contributed by atoms with van der Waals surface area (Å²) in [5.41, 5.74) is 16.7. The number of aliphatic hydroxyl groups is 1. The van der Waals surface area contributed by atoms with Crippen LogP contribution in [0.3, 0.4) is 0 Å². The number of carbonyl (C=O) groups is 1. The molecule has 230 valence electrons. The molecule has 0 fully saturated rings. The summed E-state index contributed by atoms with van der Waals surface area (Å²) in [6.07, 6.45) is -0.267. The largest absolute Gasteiger partial charge is 0.494 e. The second-order valence-corrected chi connectivity index (χ2v) is 11.1. The third kappa shape index (κ3) is 7.57. The maximum absolute atomic E-state index is 14.4. The number of benzene rings is 4. The fourth-order valence-electron chi connectivity index (χ4n) is 5.00. The highest BCUT2D eigenvalue weighted by Crippen LogP contribution is 2.45. The Bertz CT molecular complexity index is 1710. The predicted molar refractivity (Wildman–Crippen MR) is 174 cm³/mol. The summed E-state index contributed by atoms with van der Waals surface area (Å²) in [4.78, 5) is 22.4. The lowest BCUT2D eigenvalue weighted by atomic mass is 9.81. The van der Waals surface area contributed by atoms with Crippen molar-refractivity contribution in [2.45, 2.75) is 31.0 Å². The van der Waals surface area contributed by atoms with E-state index in [-0.39, 0.29) is 25.5 Å². The molecule has 10 nitrogen and oxygen atoms in total. The van der Waals surface area contributed by atoms with Crippen molar-refractivity contribution in [3.63, 3.8) is 0 Å². The van der Waals surface area contributed by atoms with Crippen molar-refractivity contribution in [3.8, 4) is 5.75 Å². The average Bonchev–Trinajstić information content (AvgIpc) is 3.44. The number of aliphatic imine (C=N–C) groups is 1. The van der Waals surface area contributed by atoms with Crippen molar-refractivity contribution in [2.24, 2.45) is 10.1 Å². The van der Waals surface area contributed by atoms with Crippen LogP contribution in [0.15, 0.2) is 107 Å². The number of hydrogen-bond acceptors (Lipinski definition) is 7. The third-order valence-electron chi connectivity index (χ3n) is 7.20. The van der Waals surface area contributed by atoms with E-state index in [1.807, 2.05) is 30.3 Å². The van der Waals surface area contributed by atoms with Crippen LogP contribution >= 0.6 is 23.2 Å². The number of azide groups is 1. The number of nitrogens with zero attached hydrogens (tertiary/aromatic N) is 4. The molecule has 1 heterocycles. The molecule has 0 spiro atoms. The third-order valence-corrected chi connectivity index (χ3v) is 7.94. The van der Waals surface area contributed by atoms with E-state index in [4.69, 9.17) is 42.8 Å². The number of ether oxygens (including phenoxy) is 2. The molecule has 4 aromatic rings. The van der Waals surface area contributed by atoms with E-state index in [2.05, 4.69) is 20.9 Å². The van der Waals surface area contributed by atoms with Gasteiger partial charge in [-0.15, -0.1) is 0 Å². The van der Waals surface area contributed by atoms with Crippen LogP contribution in [-0.4, -0.2) is 35.7 Å². The van der Waals surface area contributed by atoms with E-state index in [1.165, 1.54) is 0 Å². The number of rotatable bonds is 13. The molecule has 0 radical (unpaired) electrons. The standard InChI is InChI=1S/C33H30Cl2N6O4/c34-27-16-11-23(19-28(27)35)21-37-40-32(43)33(20-22-7-2-1-3-8-22)30(26-9-4-5-10-29(26)39-41-36)45-31(38-33)24-12-14-25(15-13-24)44-18-6-17-42/h1-5,7-16,19,30,37,42H,6,17-18,20-21H2,(H,40,43)/t30-,33-/m0/s1. The van der Waals surface area contributed by atoms with Gasteiger partial charge < -0.3 is 14.6 Å². The topological polar surface area (TPSA) is 141 Å². The van der Waals surface area contributed by atoms with Gasteiger partial charge in [0.15, 0.2) is 11.6 Å². The lowest BCUT2D eigenvalue weighted by Gasteiger charge is -2.31. The lowest BCUT2D eigenvalue weighted by Crippen LogP contribution is -2.53. The second-order valence-electron chi connectivity index (χ2n) is 10.3. The van der Waals surface area contributed by atoms with Crippen molar-refractivity contribution in [1.82, 2.24) is 10.9 Å². The van der Waals surface area contributed by atoms with E-state index >= 15 is 0 Å². The van der Waals surface area contributed by atoms with E-state index in [1.54, 1.807) is 66.7 Å². The molecule has 12 heteroatoms. The second kappa shape index (κ2) is 14.9. The monoisotopic (exact) mass is 644 g/mol. The molecule has 0 aliphatic carbocycles. The van der Waals surface area contributed by atoms with Crippen molar-refractivity contribution >= 4 is 40.7 Å². The zero-order valence-corrected chi connectivity index (χ0v) is 25.6. The molecule has 2 atom stereocenters. The minimum Gasteiger partial charge on any atom is -0.494 e. The van der Waals surface area contributed by atoms with E-state index in [9.17, 15) is 10.3 Å². The van der Waals surface area contributed by atoms with E-state index < -0.39 is 17.6 Å². The van der Waals surface area contributed by atoms with Crippen LogP contribution in [-0.2, 0) is 22.5 Å². The summed E-state index contributed by atoms with van der Waals surface area (Å²) in [5, 5.41) is 13.8. The molecule has 0 aromatic heterocycles. The average molecular weight is 646 g/mol. The highest BCUT2D eigenvalue weighted by Gasteiger charge is 2.54. The minimum absolute atomic E-state index is 0.0370. The Morgan fingerprint density at radius 2 is 1.76 bits per heavy atom. The summed E-state index contributed by atoms with van der Waals surface area (Å²) >= 11 is 12.2. The first kappa shape index (κ1) is 31.8. The number of aliphatic hydroxyl groups excluding tert-OH is 1. The molecule has 0 saturated heterocycles. The minimum atomic E-state index is -1.52. The fourth-order valence-corrected chi connectivity index (χ4v) is 5.32. The summed E-state index contributed by atoms with van der Waals surface area (Å²) in [6, 6.07) is 28.8. The molecule has 1 aliphatic rings. The molecular formula is C33H30Cl2N6O4. The SMILES string of the molecule is [N-]=[N+]=Nc1ccccc1[C@@H]1OC(c2ccc(OCCCO)cc2)=N[C@]1(Cc1ccccc1)C(=O)NNCc1ccc(Cl)c(Cl)c1. The Morgan fingerprint density at radius 3 is 2.49 bits per heavy atom. The van der Waals surface area contributed by atoms with Gasteiger partial charge in [-0.3, -0.25) is 10.2 Å². The molecule has 0 bridgehead atoms. The van der Waals surface area contributed by atoms with E-state index in [0.29, 0.717) is 45.6 Å². The highest BCUT2D eigenvalue weighted by molar-refractivity contribution is 6.42. The maximum atomic E-state index is 14.4. The number of amides is 1. The van der Waals surface area contributed by atoms with Crippen molar-refractivity contribution in [3.05, 3.63) is 140 Å². The van der Waals surface area contributed by atoms with Crippen LogP contribution in [0.25, 0.3) is 10.4 Å². The quantitative estimate of drug-likeness (QED) is 0.0471. The van der Waals surface area contributed by atoms with Gasteiger partial charge in [0.2, 0.25) is 5.90 Å². The van der Waals surface area contributed by atoms with Gasteiger partial charge in [-0.1, -0.05) is 89.0 Å². The van der Waals surface area contributed by atoms with Crippen LogP contribution in [0.1, 0.15) is 34.8 Å². The van der Waals surface area contributed by atoms with Gasteiger partial charge in [-0.05, 0) is 53.1 Å². The van der Waals surface area contributed by atoms with Gasteiger partial charge in [-0.2, -0.15) is 0 Å². The Morgan fingerprint density at radius 1 is 1.00 bits per heavy atom. The zero-order valence-electron chi connectivity index (χ0n) is 24.1. The molecular weight excluding hydrogens is 615 g/mol. The van der Waals surface area contributed by atoms with Crippen LogP contribution in [0.4, 0.5) is 5.69 Å². The van der Waals surface area contributed by atoms with Crippen molar-refractivity contribution < 1.29 is 19.4 Å². The molecule has 0 unspecified atom stereocenters. The number of halogens is 2. The summed E-state index contributed by atoms with van der Waals surface area (Å²) in [5.74, 6) is 0.412. The highest BCUT2D eigenvalue weighted by atomic mass is 35.5. The number of hydrazine groups is 1. The molecule has 3 N–H and O–H groups in total. The molecule has 4 aromatic carbocycles. The zero-order chi connectivity index (χ0) is 31.6. The predicted octanol–water partition coefficient (Wildman–Crippen LogP) is 7.02. The Labute approximate surface area is 270 Å². The smallest absolute Gasteiger partial charge is 0.266 e. The Hall–Kier alpha value is -4.57. The van der Waals surface area contributed by atoms with Gasteiger partial charge in [0, 0.05) is 47.7 Å². The fraction of sp³-hybridized carbons (Fsp3) is 0.212. The summed E-state index contributed by atoms with van der Waals surface area (Å²) in [7, 11) is 0.